The number of benzene rings is 1. The summed E-state index contributed by atoms with van der Waals surface area (Å²) >= 11 is 0. The normalized spacial score (nSPS) is 14.9. The van der Waals surface area contributed by atoms with Crippen molar-refractivity contribution < 1.29 is 19.8 Å². The number of carboxylic acid groups (broad SMARTS) is 2. The first-order valence-corrected chi connectivity index (χ1v) is 5.89. The Hall–Kier alpha value is -2.04. The summed E-state index contributed by atoms with van der Waals surface area (Å²) in [6, 6.07) is 4.61. The predicted octanol–water partition coefficient (Wildman–Crippen LogP) is 1.52. The topological polar surface area (TPSA) is 86.6 Å². The van der Waals surface area contributed by atoms with E-state index >= 15 is 0 Å². The number of anilines is 1. The molecule has 1 unspecified atom stereocenters. The Morgan fingerprint density at radius 1 is 1.22 bits per heavy atom. The molecule has 3 N–H and O–H groups in total. The lowest BCUT2D eigenvalue weighted by atomic mass is 10.1. The van der Waals surface area contributed by atoms with Gasteiger partial charge in [-0.2, -0.15) is 0 Å². The van der Waals surface area contributed by atoms with Crippen LogP contribution < -0.4 is 5.32 Å². The molecule has 1 aliphatic rings. The average molecular weight is 249 g/mol. The Balaban J connectivity index is 2.11. The van der Waals surface area contributed by atoms with E-state index in [9.17, 15) is 9.59 Å². The van der Waals surface area contributed by atoms with Crippen molar-refractivity contribution in [3.05, 3.63) is 29.3 Å². The third kappa shape index (κ3) is 2.80. The van der Waals surface area contributed by atoms with Crippen molar-refractivity contribution in [2.24, 2.45) is 0 Å². The third-order valence-electron chi connectivity index (χ3n) is 3.12. The van der Waals surface area contributed by atoms with Crippen LogP contribution in [-0.4, -0.2) is 28.2 Å². The van der Waals surface area contributed by atoms with Gasteiger partial charge < -0.3 is 15.5 Å². The van der Waals surface area contributed by atoms with Crippen LogP contribution in [0.2, 0.25) is 0 Å². The van der Waals surface area contributed by atoms with Crippen LogP contribution in [0.3, 0.4) is 0 Å². The monoisotopic (exact) mass is 249 g/mol. The number of hydrogen-bond acceptors (Lipinski definition) is 3. The zero-order valence-electron chi connectivity index (χ0n) is 9.85. The number of aryl methyl sites for hydroxylation is 2. The highest BCUT2D eigenvalue weighted by molar-refractivity contribution is 5.83. The molecule has 0 heterocycles. The van der Waals surface area contributed by atoms with Gasteiger partial charge in [-0.15, -0.1) is 0 Å². The molecule has 1 atom stereocenters. The van der Waals surface area contributed by atoms with Gasteiger partial charge in [0.2, 0.25) is 0 Å². The summed E-state index contributed by atoms with van der Waals surface area (Å²) in [4.78, 5) is 21.5. The summed E-state index contributed by atoms with van der Waals surface area (Å²) in [5.74, 6) is -2.28. The van der Waals surface area contributed by atoms with Crippen molar-refractivity contribution in [3.63, 3.8) is 0 Å². The minimum absolute atomic E-state index is 0.438. The van der Waals surface area contributed by atoms with Gasteiger partial charge in [-0.1, -0.05) is 6.07 Å². The second-order valence-electron chi connectivity index (χ2n) is 4.47. The fourth-order valence-electron chi connectivity index (χ4n) is 2.24. The minimum Gasteiger partial charge on any atom is -0.481 e. The van der Waals surface area contributed by atoms with E-state index in [2.05, 4.69) is 5.32 Å². The first kappa shape index (κ1) is 12.4. The highest BCUT2D eigenvalue weighted by Gasteiger charge is 2.21. The summed E-state index contributed by atoms with van der Waals surface area (Å²) in [5.41, 5.74) is 3.19. The van der Waals surface area contributed by atoms with E-state index in [-0.39, 0.29) is 0 Å². The van der Waals surface area contributed by atoms with Gasteiger partial charge in [-0.3, -0.25) is 4.79 Å². The standard InChI is InChI=1S/C13H15NO4/c15-12(16)7-11(13(17)18)14-10-5-4-8-2-1-3-9(8)6-10/h4-6,11,14H,1-3,7H2,(H,15,16)(H,17,18). The zero-order chi connectivity index (χ0) is 13.1. The molecule has 96 valence electrons. The molecule has 0 saturated carbocycles. The second kappa shape index (κ2) is 5.08. The molecular formula is C13H15NO4. The summed E-state index contributed by atoms with van der Waals surface area (Å²) in [6.07, 6.45) is 2.75. The molecule has 18 heavy (non-hydrogen) atoms. The van der Waals surface area contributed by atoms with Gasteiger partial charge in [0, 0.05) is 5.69 Å². The molecule has 5 heteroatoms. The predicted molar refractivity (Wildman–Crippen MR) is 65.8 cm³/mol. The average Bonchev–Trinajstić information content (AvgIpc) is 2.74. The molecule has 0 aromatic heterocycles. The van der Waals surface area contributed by atoms with Crippen LogP contribution in [0.1, 0.15) is 24.0 Å². The lowest BCUT2D eigenvalue weighted by Gasteiger charge is -2.14. The number of carboxylic acids is 2. The molecular weight excluding hydrogens is 234 g/mol. The molecule has 1 aliphatic carbocycles. The Bertz CT molecular complexity index is 484. The molecule has 0 saturated heterocycles. The van der Waals surface area contributed by atoms with Gasteiger partial charge >= 0.3 is 11.9 Å². The molecule has 2 rings (SSSR count). The summed E-state index contributed by atoms with van der Waals surface area (Å²) in [6.45, 7) is 0. The summed E-state index contributed by atoms with van der Waals surface area (Å²) in [7, 11) is 0. The Morgan fingerprint density at radius 3 is 2.61 bits per heavy atom. The van der Waals surface area contributed by atoms with Gasteiger partial charge in [-0.05, 0) is 42.5 Å². The van der Waals surface area contributed by atoms with Gasteiger partial charge in [-0.25, -0.2) is 4.79 Å². The molecule has 1 aromatic rings. The van der Waals surface area contributed by atoms with E-state index < -0.39 is 24.4 Å². The molecule has 0 spiro atoms. The number of aliphatic carboxylic acids is 2. The van der Waals surface area contributed by atoms with Crippen LogP contribution in [0.4, 0.5) is 5.69 Å². The first-order chi connectivity index (χ1) is 8.56. The lowest BCUT2D eigenvalue weighted by Crippen LogP contribution is -2.31. The quantitative estimate of drug-likeness (QED) is 0.736. The Morgan fingerprint density at radius 2 is 1.94 bits per heavy atom. The van der Waals surface area contributed by atoms with Crippen LogP contribution in [0, 0.1) is 0 Å². The fraction of sp³-hybridized carbons (Fsp3) is 0.385. The smallest absolute Gasteiger partial charge is 0.326 e. The molecule has 0 radical (unpaired) electrons. The molecule has 0 amide bonds. The minimum atomic E-state index is -1.15. The molecule has 0 bridgehead atoms. The number of nitrogens with one attached hydrogen (secondary N) is 1. The van der Waals surface area contributed by atoms with Crippen LogP contribution in [0.15, 0.2) is 18.2 Å². The van der Waals surface area contributed by atoms with Crippen molar-refractivity contribution in [2.75, 3.05) is 5.32 Å². The first-order valence-electron chi connectivity index (χ1n) is 5.89. The van der Waals surface area contributed by atoms with Crippen LogP contribution in [0.25, 0.3) is 0 Å². The van der Waals surface area contributed by atoms with E-state index in [1.165, 1.54) is 11.1 Å². The SMILES string of the molecule is O=C(O)CC(Nc1ccc2c(c1)CCC2)C(=O)O. The van der Waals surface area contributed by atoms with Crippen LogP contribution in [0.5, 0.6) is 0 Å². The maximum atomic E-state index is 10.9. The number of hydrogen-bond donors (Lipinski definition) is 3. The van der Waals surface area contributed by atoms with Gasteiger partial charge in [0.25, 0.3) is 0 Å². The zero-order valence-corrected chi connectivity index (χ0v) is 9.85. The molecule has 0 aliphatic heterocycles. The summed E-state index contributed by atoms with van der Waals surface area (Å²) < 4.78 is 0. The van der Waals surface area contributed by atoms with E-state index in [1.54, 1.807) is 0 Å². The van der Waals surface area contributed by atoms with E-state index in [4.69, 9.17) is 10.2 Å². The second-order valence-corrected chi connectivity index (χ2v) is 4.47. The van der Waals surface area contributed by atoms with E-state index in [1.807, 2.05) is 18.2 Å². The largest absolute Gasteiger partial charge is 0.481 e. The molecule has 5 nitrogen and oxygen atoms in total. The van der Waals surface area contributed by atoms with Crippen molar-refractivity contribution in [1.82, 2.24) is 0 Å². The number of fused-ring (bicyclic) bond motifs is 1. The maximum Gasteiger partial charge on any atom is 0.326 e. The van der Waals surface area contributed by atoms with Crippen molar-refractivity contribution in [3.8, 4) is 0 Å². The van der Waals surface area contributed by atoms with E-state index in [0.717, 1.165) is 19.3 Å². The van der Waals surface area contributed by atoms with Gasteiger partial charge in [0.05, 0.1) is 6.42 Å². The molecule has 1 aromatic carbocycles. The number of carbonyl (C=O) groups is 2. The van der Waals surface area contributed by atoms with Crippen molar-refractivity contribution in [1.29, 1.82) is 0 Å². The van der Waals surface area contributed by atoms with Crippen LogP contribution >= 0.6 is 0 Å². The Kier molecular flexibility index (Phi) is 3.50. The van der Waals surface area contributed by atoms with Crippen molar-refractivity contribution in [2.45, 2.75) is 31.7 Å². The molecule has 0 fully saturated rings. The highest BCUT2D eigenvalue weighted by Crippen LogP contribution is 2.25. The highest BCUT2D eigenvalue weighted by atomic mass is 16.4. The maximum absolute atomic E-state index is 10.9. The lowest BCUT2D eigenvalue weighted by molar-refractivity contribution is -0.144. The number of rotatable bonds is 5. The van der Waals surface area contributed by atoms with Gasteiger partial charge in [0.15, 0.2) is 0 Å². The Labute approximate surface area is 104 Å². The van der Waals surface area contributed by atoms with Crippen LogP contribution in [-0.2, 0) is 22.4 Å². The summed E-state index contributed by atoms with van der Waals surface area (Å²) in [5, 5.41) is 20.4. The third-order valence-corrected chi connectivity index (χ3v) is 3.12. The van der Waals surface area contributed by atoms with Crippen molar-refractivity contribution >= 4 is 17.6 Å². The van der Waals surface area contributed by atoms with E-state index in [0.29, 0.717) is 5.69 Å². The fourth-order valence-corrected chi connectivity index (χ4v) is 2.24. The van der Waals surface area contributed by atoms with Gasteiger partial charge in [0.1, 0.15) is 6.04 Å².